The van der Waals surface area contributed by atoms with Crippen LogP contribution in [0.5, 0.6) is 0 Å². The molecule has 0 fully saturated rings. The van der Waals surface area contributed by atoms with Crippen molar-refractivity contribution in [1.82, 2.24) is 14.0 Å². The highest BCUT2D eigenvalue weighted by Gasteiger charge is 2.21. The molecule has 0 spiro atoms. The highest BCUT2D eigenvalue weighted by molar-refractivity contribution is 6.01. The minimum absolute atomic E-state index is 0.0216. The van der Waals surface area contributed by atoms with Crippen molar-refractivity contribution in [3.63, 3.8) is 0 Å². The summed E-state index contributed by atoms with van der Waals surface area (Å²) in [6.07, 6.45) is 0. The number of hydrogen-bond acceptors (Lipinski definition) is 2. The standard InChI is InChI=1S/C18H15N3O/c1-12(22)16-17(13-8-4-3-5-9-13)21-15-11-7-6-10-14(15)20(2)18(21)19-16/h3-11H,1-2H3. The van der Waals surface area contributed by atoms with Crippen molar-refractivity contribution in [3.8, 4) is 11.3 Å². The third-order valence-corrected chi connectivity index (χ3v) is 4.02. The van der Waals surface area contributed by atoms with Gasteiger partial charge in [0.05, 0.1) is 16.7 Å². The molecule has 0 aliphatic rings. The van der Waals surface area contributed by atoms with Gasteiger partial charge in [-0.25, -0.2) is 4.98 Å². The molecule has 4 rings (SSSR count). The molecule has 2 heterocycles. The first-order chi connectivity index (χ1) is 10.7. The van der Waals surface area contributed by atoms with Gasteiger partial charge in [-0.1, -0.05) is 42.5 Å². The molecule has 0 saturated carbocycles. The smallest absolute Gasteiger partial charge is 0.215 e. The second-order valence-electron chi connectivity index (χ2n) is 5.41. The molecule has 0 amide bonds. The summed E-state index contributed by atoms with van der Waals surface area (Å²) >= 11 is 0. The molecule has 2 aromatic heterocycles. The summed E-state index contributed by atoms with van der Waals surface area (Å²) in [4.78, 5) is 16.7. The van der Waals surface area contributed by atoms with Crippen LogP contribution < -0.4 is 0 Å². The maximum absolute atomic E-state index is 12.1. The molecule has 0 saturated heterocycles. The number of aromatic nitrogens is 3. The number of benzene rings is 2. The highest BCUT2D eigenvalue weighted by Crippen LogP contribution is 2.30. The number of ketones is 1. The van der Waals surface area contributed by atoms with Crippen LogP contribution in [0.4, 0.5) is 0 Å². The number of hydrogen-bond donors (Lipinski definition) is 0. The predicted molar refractivity (Wildman–Crippen MR) is 87.1 cm³/mol. The molecule has 4 heteroatoms. The van der Waals surface area contributed by atoms with Crippen LogP contribution in [0.25, 0.3) is 28.1 Å². The topological polar surface area (TPSA) is 39.3 Å². The summed E-state index contributed by atoms with van der Waals surface area (Å²) in [5.74, 6) is 0.761. The van der Waals surface area contributed by atoms with Crippen molar-refractivity contribution in [2.45, 2.75) is 6.92 Å². The summed E-state index contributed by atoms with van der Waals surface area (Å²) < 4.78 is 4.09. The Kier molecular flexibility index (Phi) is 2.66. The Hall–Kier alpha value is -2.88. The maximum atomic E-state index is 12.1. The molecule has 108 valence electrons. The van der Waals surface area contributed by atoms with Gasteiger partial charge in [-0.05, 0) is 12.1 Å². The largest absolute Gasteiger partial charge is 0.313 e. The van der Waals surface area contributed by atoms with Crippen LogP contribution in [0.1, 0.15) is 17.4 Å². The Morgan fingerprint density at radius 3 is 2.27 bits per heavy atom. The van der Waals surface area contributed by atoms with Crippen molar-refractivity contribution in [1.29, 1.82) is 0 Å². The van der Waals surface area contributed by atoms with Crippen molar-refractivity contribution in [2.75, 3.05) is 0 Å². The van der Waals surface area contributed by atoms with Gasteiger partial charge in [0, 0.05) is 19.5 Å². The summed E-state index contributed by atoms with van der Waals surface area (Å²) in [5, 5.41) is 0. The summed E-state index contributed by atoms with van der Waals surface area (Å²) in [6.45, 7) is 1.57. The molecule has 0 radical (unpaired) electrons. The predicted octanol–water partition coefficient (Wildman–Crippen LogP) is 3.70. The van der Waals surface area contributed by atoms with Crippen molar-refractivity contribution in [3.05, 3.63) is 60.3 Å². The van der Waals surface area contributed by atoms with E-state index in [4.69, 9.17) is 0 Å². The zero-order chi connectivity index (χ0) is 15.3. The minimum atomic E-state index is -0.0216. The number of aryl methyl sites for hydroxylation is 1. The average molecular weight is 289 g/mol. The fourth-order valence-corrected chi connectivity index (χ4v) is 3.01. The fourth-order valence-electron chi connectivity index (χ4n) is 3.01. The van der Waals surface area contributed by atoms with Crippen LogP contribution in [0, 0.1) is 0 Å². The first-order valence-electron chi connectivity index (χ1n) is 7.20. The maximum Gasteiger partial charge on any atom is 0.215 e. The Bertz CT molecular complexity index is 1010. The van der Waals surface area contributed by atoms with Gasteiger partial charge in [0.15, 0.2) is 5.78 Å². The van der Waals surface area contributed by atoms with Crippen LogP contribution in [0.2, 0.25) is 0 Å². The summed E-state index contributed by atoms with van der Waals surface area (Å²) in [6, 6.07) is 18.1. The normalized spacial score (nSPS) is 11.4. The second kappa shape index (κ2) is 4.56. The molecule has 0 aliphatic carbocycles. The molecule has 0 atom stereocenters. The lowest BCUT2D eigenvalue weighted by Crippen LogP contribution is -1.97. The molecule has 4 aromatic rings. The Labute approximate surface area is 127 Å². The lowest BCUT2D eigenvalue weighted by atomic mass is 10.1. The number of rotatable bonds is 2. The number of fused-ring (bicyclic) bond motifs is 3. The number of imidazole rings is 2. The lowest BCUT2D eigenvalue weighted by molar-refractivity contribution is 0.101. The number of Topliss-reactive ketones (excluding diaryl/α,β-unsaturated/α-hetero) is 1. The molecular formula is C18H15N3O. The van der Waals surface area contributed by atoms with Crippen molar-refractivity contribution >= 4 is 22.6 Å². The number of carbonyl (C=O) groups excluding carboxylic acids is 1. The first-order valence-corrected chi connectivity index (χ1v) is 7.20. The van der Waals surface area contributed by atoms with E-state index in [0.717, 1.165) is 28.1 Å². The van der Waals surface area contributed by atoms with E-state index in [0.29, 0.717) is 5.69 Å². The molecule has 0 unspecified atom stereocenters. The molecule has 0 aliphatic heterocycles. The first kappa shape index (κ1) is 12.8. The van der Waals surface area contributed by atoms with Crippen LogP contribution in [0.3, 0.4) is 0 Å². The van der Waals surface area contributed by atoms with Crippen LogP contribution in [0.15, 0.2) is 54.6 Å². The van der Waals surface area contributed by atoms with E-state index in [-0.39, 0.29) is 5.78 Å². The lowest BCUT2D eigenvalue weighted by Gasteiger charge is -2.03. The van der Waals surface area contributed by atoms with Crippen LogP contribution in [-0.4, -0.2) is 19.7 Å². The number of para-hydroxylation sites is 2. The van der Waals surface area contributed by atoms with Gasteiger partial charge in [-0.3, -0.25) is 9.20 Å². The highest BCUT2D eigenvalue weighted by atomic mass is 16.1. The SMILES string of the molecule is CC(=O)c1nc2n(C)c3ccccc3n2c1-c1ccccc1. The molecule has 0 N–H and O–H groups in total. The summed E-state index contributed by atoms with van der Waals surface area (Å²) in [7, 11) is 1.98. The minimum Gasteiger partial charge on any atom is -0.313 e. The van der Waals surface area contributed by atoms with E-state index in [1.54, 1.807) is 6.92 Å². The van der Waals surface area contributed by atoms with Gasteiger partial charge >= 0.3 is 0 Å². The zero-order valence-electron chi connectivity index (χ0n) is 12.4. The van der Waals surface area contributed by atoms with Crippen LogP contribution in [-0.2, 0) is 7.05 Å². The molecular weight excluding hydrogens is 274 g/mol. The Morgan fingerprint density at radius 1 is 0.955 bits per heavy atom. The van der Waals surface area contributed by atoms with E-state index < -0.39 is 0 Å². The van der Waals surface area contributed by atoms with Gasteiger partial charge < -0.3 is 4.57 Å². The van der Waals surface area contributed by atoms with Gasteiger partial charge in [0.1, 0.15) is 5.69 Å². The Morgan fingerprint density at radius 2 is 1.59 bits per heavy atom. The van der Waals surface area contributed by atoms with E-state index >= 15 is 0 Å². The molecule has 22 heavy (non-hydrogen) atoms. The van der Waals surface area contributed by atoms with Gasteiger partial charge in [-0.15, -0.1) is 0 Å². The quantitative estimate of drug-likeness (QED) is 0.528. The third-order valence-electron chi connectivity index (χ3n) is 4.02. The van der Waals surface area contributed by atoms with Crippen molar-refractivity contribution in [2.24, 2.45) is 7.05 Å². The second-order valence-corrected chi connectivity index (χ2v) is 5.41. The fraction of sp³-hybridized carbons (Fsp3) is 0.111. The van der Waals surface area contributed by atoms with Crippen LogP contribution >= 0.6 is 0 Å². The zero-order valence-corrected chi connectivity index (χ0v) is 12.4. The molecule has 2 aromatic carbocycles. The van der Waals surface area contributed by atoms with Crippen molar-refractivity contribution < 1.29 is 4.79 Å². The monoisotopic (exact) mass is 289 g/mol. The number of nitrogens with zero attached hydrogens (tertiary/aromatic N) is 3. The van der Waals surface area contributed by atoms with E-state index in [9.17, 15) is 4.79 Å². The van der Waals surface area contributed by atoms with Gasteiger partial charge in [0.25, 0.3) is 0 Å². The summed E-state index contributed by atoms with van der Waals surface area (Å²) in [5.41, 5.74) is 4.52. The van der Waals surface area contributed by atoms with E-state index in [1.807, 2.05) is 54.1 Å². The average Bonchev–Trinajstić information content (AvgIpc) is 3.06. The van der Waals surface area contributed by atoms with Gasteiger partial charge in [-0.2, -0.15) is 0 Å². The van der Waals surface area contributed by atoms with Gasteiger partial charge in [0.2, 0.25) is 5.78 Å². The number of carbonyl (C=O) groups is 1. The third kappa shape index (κ3) is 1.64. The molecule has 0 bridgehead atoms. The molecule has 4 nitrogen and oxygen atoms in total. The van der Waals surface area contributed by atoms with E-state index in [1.165, 1.54) is 0 Å². The van der Waals surface area contributed by atoms with E-state index in [2.05, 4.69) is 21.5 Å². The Balaban J connectivity index is 2.23.